The van der Waals surface area contributed by atoms with E-state index in [0.29, 0.717) is 5.92 Å². The summed E-state index contributed by atoms with van der Waals surface area (Å²) in [5.41, 5.74) is 5.96. The molecule has 100 valence electrons. The third-order valence-electron chi connectivity index (χ3n) is 3.79. The zero-order chi connectivity index (χ0) is 12.8. The maximum atomic E-state index is 12.1. The SMILES string of the molecule is CCC(C)C(N)C(=O)N(C)CC1CCOCC1. The second kappa shape index (κ2) is 6.97. The van der Waals surface area contributed by atoms with Gasteiger partial charge in [-0.25, -0.2) is 0 Å². The normalized spacial score (nSPS) is 20.9. The van der Waals surface area contributed by atoms with Crippen molar-refractivity contribution >= 4 is 5.91 Å². The predicted octanol–water partition coefficient (Wildman–Crippen LogP) is 1.24. The molecule has 0 spiro atoms. The highest BCUT2D eigenvalue weighted by Gasteiger charge is 2.25. The van der Waals surface area contributed by atoms with Crippen LogP contribution >= 0.6 is 0 Å². The Bertz CT molecular complexity index is 240. The predicted molar refractivity (Wildman–Crippen MR) is 68.6 cm³/mol. The standard InChI is InChI=1S/C13H26N2O2/c1-4-10(2)12(14)13(16)15(3)9-11-5-7-17-8-6-11/h10-12H,4-9,14H2,1-3H3. The molecule has 0 aromatic carbocycles. The Labute approximate surface area is 104 Å². The van der Waals surface area contributed by atoms with Crippen LogP contribution in [0.3, 0.4) is 0 Å². The largest absolute Gasteiger partial charge is 0.381 e. The molecule has 1 amide bonds. The topological polar surface area (TPSA) is 55.6 Å². The molecule has 1 saturated heterocycles. The van der Waals surface area contributed by atoms with Crippen LogP contribution < -0.4 is 5.73 Å². The van der Waals surface area contributed by atoms with Crippen LogP contribution in [0, 0.1) is 11.8 Å². The van der Waals surface area contributed by atoms with Gasteiger partial charge in [-0.2, -0.15) is 0 Å². The van der Waals surface area contributed by atoms with Crippen molar-refractivity contribution in [2.75, 3.05) is 26.8 Å². The van der Waals surface area contributed by atoms with Crippen molar-refractivity contribution in [2.45, 2.75) is 39.2 Å². The van der Waals surface area contributed by atoms with Gasteiger partial charge in [-0.3, -0.25) is 4.79 Å². The van der Waals surface area contributed by atoms with E-state index < -0.39 is 0 Å². The van der Waals surface area contributed by atoms with Crippen molar-refractivity contribution < 1.29 is 9.53 Å². The van der Waals surface area contributed by atoms with Gasteiger partial charge in [0.15, 0.2) is 0 Å². The number of likely N-dealkylation sites (N-methyl/N-ethyl adjacent to an activating group) is 1. The molecule has 0 aromatic heterocycles. The molecular formula is C13H26N2O2. The monoisotopic (exact) mass is 242 g/mol. The summed E-state index contributed by atoms with van der Waals surface area (Å²) in [6.07, 6.45) is 3.05. The zero-order valence-corrected chi connectivity index (χ0v) is 11.3. The first kappa shape index (κ1) is 14.5. The van der Waals surface area contributed by atoms with Gasteiger partial charge in [-0.05, 0) is 24.7 Å². The van der Waals surface area contributed by atoms with E-state index in [1.54, 1.807) is 4.90 Å². The zero-order valence-electron chi connectivity index (χ0n) is 11.3. The highest BCUT2D eigenvalue weighted by atomic mass is 16.5. The van der Waals surface area contributed by atoms with Crippen LogP contribution in [0.25, 0.3) is 0 Å². The lowest BCUT2D eigenvalue weighted by atomic mass is 9.97. The molecule has 2 N–H and O–H groups in total. The van der Waals surface area contributed by atoms with Gasteiger partial charge in [0.2, 0.25) is 5.91 Å². The smallest absolute Gasteiger partial charge is 0.239 e. The van der Waals surface area contributed by atoms with Crippen LogP contribution in [0.5, 0.6) is 0 Å². The van der Waals surface area contributed by atoms with Crippen molar-refractivity contribution in [2.24, 2.45) is 17.6 Å². The molecule has 1 aliphatic heterocycles. The van der Waals surface area contributed by atoms with Gasteiger partial charge < -0.3 is 15.4 Å². The Morgan fingerprint density at radius 1 is 1.47 bits per heavy atom. The molecule has 0 aliphatic carbocycles. The van der Waals surface area contributed by atoms with E-state index >= 15 is 0 Å². The van der Waals surface area contributed by atoms with Crippen molar-refractivity contribution in [3.63, 3.8) is 0 Å². The van der Waals surface area contributed by atoms with Gasteiger partial charge in [0.25, 0.3) is 0 Å². The van der Waals surface area contributed by atoms with Gasteiger partial charge in [0, 0.05) is 26.8 Å². The minimum absolute atomic E-state index is 0.0749. The van der Waals surface area contributed by atoms with E-state index in [1.165, 1.54) is 0 Å². The summed E-state index contributed by atoms with van der Waals surface area (Å²) in [4.78, 5) is 13.9. The number of amides is 1. The number of carbonyl (C=O) groups excluding carboxylic acids is 1. The van der Waals surface area contributed by atoms with Crippen molar-refractivity contribution in [3.05, 3.63) is 0 Å². The van der Waals surface area contributed by atoms with Crippen LogP contribution in [0.1, 0.15) is 33.1 Å². The third-order valence-corrected chi connectivity index (χ3v) is 3.79. The quantitative estimate of drug-likeness (QED) is 0.789. The van der Waals surface area contributed by atoms with Crippen LogP contribution in [0.4, 0.5) is 0 Å². The molecule has 1 rings (SSSR count). The number of rotatable bonds is 5. The lowest BCUT2D eigenvalue weighted by Gasteiger charge is -2.30. The fourth-order valence-electron chi connectivity index (χ4n) is 2.16. The fourth-order valence-corrected chi connectivity index (χ4v) is 2.16. The van der Waals surface area contributed by atoms with Gasteiger partial charge in [0.1, 0.15) is 0 Å². The highest BCUT2D eigenvalue weighted by Crippen LogP contribution is 2.16. The Balaban J connectivity index is 2.40. The number of hydrogen-bond acceptors (Lipinski definition) is 3. The van der Waals surface area contributed by atoms with Crippen LogP contribution in [0.15, 0.2) is 0 Å². The second-order valence-electron chi connectivity index (χ2n) is 5.19. The Morgan fingerprint density at radius 3 is 2.59 bits per heavy atom. The van der Waals surface area contributed by atoms with E-state index in [-0.39, 0.29) is 17.9 Å². The van der Waals surface area contributed by atoms with E-state index in [4.69, 9.17) is 10.5 Å². The molecule has 1 aliphatic rings. The lowest BCUT2D eigenvalue weighted by Crippen LogP contribution is -2.47. The van der Waals surface area contributed by atoms with Gasteiger partial charge in [0.05, 0.1) is 6.04 Å². The number of carbonyl (C=O) groups is 1. The molecule has 17 heavy (non-hydrogen) atoms. The first-order valence-corrected chi connectivity index (χ1v) is 6.64. The second-order valence-corrected chi connectivity index (χ2v) is 5.19. The lowest BCUT2D eigenvalue weighted by molar-refractivity contribution is -0.133. The third kappa shape index (κ3) is 4.28. The van der Waals surface area contributed by atoms with Crippen LogP contribution in [0.2, 0.25) is 0 Å². The molecule has 2 unspecified atom stereocenters. The van der Waals surface area contributed by atoms with Gasteiger partial charge >= 0.3 is 0 Å². The maximum Gasteiger partial charge on any atom is 0.239 e. The first-order chi connectivity index (χ1) is 8.06. The highest BCUT2D eigenvalue weighted by molar-refractivity contribution is 5.81. The maximum absolute atomic E-state index is 12.1. The van der Waals surface area contributed by atoms with E-state index in [2.05, 4.69) is 6.92 Å². The first-order valence-electron chi connectivity index (χ1n) is 6.64. The number of hydrogen-bond donors (Lipinski definition) is 1. The number of nitrogens with zero attached hydrogens (tertiary/aromatic N) is 1. The van der Waals surface area contributed by atoms with E-state index in [0.717, 1.165) is 39.0 Å². The molecule has 1 heterocycles. The molecule has 1 fully saturated rings. The molecule has 4 heteroatoms. The molecule has 4 nitrogen and oxygen atoms in total. The Kier molecular flexibility index (Phi) is 5.92. The molecular weight excluding hydrogens is 216 g/mol. The average molecular weight is 242 g/mol. The van der Waals surface area contributed by atoms with Gasteiger partial charge in [-0.1, -0.05) is 20.3 Å². The summed E-state index contributed by atoms with van der Waals surface area (Å²) in [5.74, 6) is 0.896. The van der Waals surface area contributed by atoms with Gasteiger partial charge in [-0.15, -0.1) is 0 Å². The van der Waals surface area contributed by atoms with E-state index in [1.807, 2.05) is 14.0 Å². The summed E-state index contributed by atoms with van der Waals surface area (Å²) in [5, 5.41) is 0. The summed E-state index contributed by atoms with van der Waals surface area (Å²) in [7, 11) is 1.86. The minimum Gasteiger partial charge on any atom is -0.381 e. The minimum atomic E-state index is -0.357. The van der Waals surface area contributed by atoms with E-state index in [9.17, 15) is 4.79 Å². The number of nitrogens with two attached hydrogens (primary N) is 1. The van der Waals surface area contributed by atoms with Crippen molar-refractivity contribution in [1.82, 2.24) is 4.90 Å². The Morgan fingerprint density at radius 2 is 2.06 bits per heavy atom. The van der Waals surface area contributed by atoms with Crippen molar-refractivity contribution in [1.29, 1.82) is 0 Å². The molecule has 0 radical (unpaired) electrons. The summed E-state index contributed by atoms with van der Waals surface area (Å²) in [6.45, 7) is 6.56. The summed E-state index contributed by atoms with van der Waals surface area (Å²) < 4.78 is 5.32. The average Bonchev–Trinajstić information content (AvgIpc) is 2.37. The fraction of sp³-hybridized carbons (Fsp3) is 0.923. The molecule has 2 atom stereocenters. The van der Waals surface area contributed by atoms with Crippen LogP contribution in [-0.2, 0) is 9.53 Å². The van der Waals surface area contributed by atoms with Crippen molar-refractivity contribution in [3.8, 4) is 0 Å². The summed E-state index contributed by atoms with van der Waals surface area (Å²) in [6, 6.07) is -0.357. The molecule has 0 saturated carbocycles. The van der Waals surface area contributed by atoms with Crippen LogP contribution in [-0.4, -0.2) is 43.7 Å². The number of ether oxygens (including phenoxy) is 1. The molecule has 0 bridgehead atoms. The molecule has 0 aromatic rings. The Hall–Kier alpha value is -0.610. The summed E-state index contributed by atoms with van der Waals surface area (Å²) >= 11 is 0.